The monoisotopic (exact) mass is 364 g/mol. The number of likely N-dealkylation sites (tertiary alicyclic amines) is 1. The number of halogens is 1. The summed E-state index contributed by atoms with van der Waals surface area (Å²) >= 11 is 6.29. The first-order chi connectivity index (χ1) is 12.2. The Bertz CT molecular complexity index is 567. The highest BCUT2D eigenvalue weighted by Crippen LogP contribution is 2.26. The molecule has 138 valence electrons. The number of hydrogen-bond donors (Lipinski definition) is 0. The van der Waals surface area contributed by atoms with Crippen molar-refractivity contribution < 1.29 is 9.53 Å². The molecule has 2 aliphatic rings. The van der Waals surface area contributed by atoms with Crippen LogP contribution in [0.3, 0.4) is 0 Å². The predicted molar refractivity (Wildman–Crippen MR) is 101 cm³/mol. The van der Waals surface area contributed by atoms with E-state index in [4.69, 9.17) is 16.3 Å². The van der Waals surface area contributed by atoms with Crippen molar-refractivity contribution in [1.82, 2.24) is 9.80 Å². The van der Waals surface area contributed by atoms with E-state index in [1.807, 2.05) is 25.1 Å². The van der Waals surface area contributed by atoms with Gasteiger partial charge in [-0.25, -0.2) is 0 Å². The molecule has 0 atom stereocenters. The van der Waals surface area contributed by atoms with Crippen molar-refractivity contribution in [1.29, 1.82) is 0 Å². The van der Waals surface area contributed by atoms with Gasteiger partial charge in [-0.2, -0.15) is 0 Å². The first-order valence-electron chi connectivity index (χ1n) is 9.53. The van der Waals surface area contributed by atoms with E-state index in [-0.39, 0.29) is 0 Å². The zero-order valence-electron chi connectivity index (χ0n) is 15.1. The lowest BCUT2D eigenvalue weighted by atomic mass is 9.97. The van der Waals surface area contributed by atoms with Gasteiger partial charge in [0, 0.05) is 56.4 Å². The van der Waals surface area contributed by atoms with Crippen LogP contribution in [0.4, 0.5) is 0 Å². The molecule has 0 aliphatic carbocycles. The number of rotatable bonds is 5. The minimum absolute atomic E-state index is 0.302. The van der Waals surface area contributed by atoms with Crippen molar-refractivity contribution in [2.75, 3.05) is 26.3 Å². The molecule has 1 aromatic rings. The van der Waals surface area contributed by atoms with Crippen molar-refractivity contribution in [3.63, 3.8) is 0 Å². The molecule has 2 saturated heterocycles. The number of nitrogens with zero attached hydrogens (tertiary/aromatic N) is 2. The number of piperidine rings is 1. The first kappa shape index (κ1) is 18.7. The molecule has 0 radical (unpaired) electrons. The van der Waals surface area contributed by atoms with Crippen LogP contribution < -0.4 is 0 Å². The highest BCUT2D eigenvalue weighted by molar-refractivity contribution is 6.31. The van der Waals surface area contributed by atoms with Gasteiger partial charge in [-0.1, -0.05) is 36.7 Å². The normalized spacial score (nSPS) is 20.6. The molecule has 0 spiro atoms. The van der Waals surface area contributed by atoms with Crippen LogP contribution in [-0.2, 0) is 16.1 Å². The van der Waals surface area contributed by atoms with Gasteiger partial charge < -0.3 is 9.64 Å². The Morgan fingerprint density at radius 3 is 2.44 bits per heavy atom. The van der Waals surface area contributed by atoms with Gasteiger partial charge in [-0.15, -0.1) is 0 Å². The smallest absolute Gasteiger partial charge is 0.222 e. The number of carbonyl (C=O) groups is 1. The lowest BCUT2D eigenvalue weighted by Gasteiger charge is -2.43. The second-order valence-electron chi connectivity index (χ2n) is 7.10. The molecular formula is C20H29ClN2O2. The third kappa shape index (κ3) is 4.75. The first-order valence-corrected chi connectivity index (χ1v) is 9.91. The Kier molecular flexibility index (Phi) is 6.74. The van der Waals surface area contributed by atoms with Gasteiger partial charge in [-0.05, 0) is 37.3 Å². The molecule has 0 aromatic heterocycles. The fourth-order valence-corrected chi connectivity index (χ4v) is 4.27. The van der Waals surface area contributed by atoms with E-state index in [0.717, 1.165) is 63.6 Å². The van der Waals surface area contributed by atoms with Crippen molar-refractivity contribution in [3.8, 4) is 0 Å². The highest BCUT2D eigenvalue weighted by atomic mass is 35.5. The molecule has 25 heavy (non-hydrogen) atoms. The third-order valence-electron chi connectivity index (χ3n) is 5.48. The predicted octanol–water partition coefficient (Wildman–Crippen LogP) is 3.72. The molecule has 2 aliphatic heterocycles. The number of ether oxygens (including phenoxy) is 1. The standard InChI is InChI=1S/C20H29ClN2O2/c1-2-20(24)23(18-9-13-25-14-10-18)17-7-11-22(12-8-17)15-16-5-3-4-6-19(16)21/h3-6,17-18H,2,7-15H2,1H3. The van der Waals surface area contributed by atoms with Gasteiger partial charge in [0.15, 0.2) is 0 Å². The summed E-state index contributed by atoms with van der Waals surface area (Å²) in [6.07, 6.45) is 4.65. The van der Waals surface area contributed by atoms with E-state index < -0.39 is 0 Å². The highest BCUT2D eigenvalue weighted by Gasteiger charge is 2.33. The number of amides is 1. The van der Waals surface area contributed by atoms with Crippen LogP contribution in [0.25, 0.3) is 0 Å². The molecule has 0 bridgehead atoms. The van der Waals surface area contributed by atoms with E-state index in [1.54, 1.807) is 0 Å². The van der Waals surface area contributed by atoms with Crippen LogP contribution >= 0.6 is 11.6 Å². The number of carbonyl (C=O) groups excluding carboxylic acids is 1. The van der Waals surface area contributed by atoms with Crippen LogP contribution in [0.2, 0.25) is 5.02 Å². The van der Waals surface area contributed by atoms with Gasteiger partial charge in [0.1, 0.15) is 0 Å². The minimum atomic E-state index is 0.302. The molecular weight excluding hydrogens is 336 g/mol. The van der Waals surface area contributed by atoms with Gasteiger partial charge in [0.05, 0.1) is 0 Å². The summed E-state index contributed by atoms with van der Waals surface area (Å²) in [7, 11) is 0. The van der Waals surface area contributed by atoms with Crippen LogP contribution in [0.1, 0.15) is 44.6 Å². The van der Waals surface area contributed by atoms with Crippen molar-refractivity contribution in [2.45, 2.75) is 57.7 Å². The third-order valence-corrected chi connectivity index (χ3v) is 5.85. The number of hydrogen-bond acceptors (Lipinski definition) is 3. The van der Waals surface area contributed by atoms with Crippen molar-refractivity contribution in [2.24, 2.45) is 0 Å². The summed E-state index contributed by atoms with van der Waals surface area (Å²) in [5.74, 6) is 0.302. The molecule has 0 saturated carbocycles. The van der Waals surface area contributed by atoms with E-state index in [1.165, 1.54) is 5.56 Å². The fraction of sp³-hybridized carbons (Fsp3) is 0.650. The second kappa shape index (κ2) is 9.02. The van der Waals surface area contributed by atoms with E-state index in [2.05, 4.69) is 15.9 Å². The largest absolute Gasteiger partial charge is 0.381 e. The molecule has 1 aromatic carbocycles. The Labute approximate surface area is 156 Å². The Morgan fingerprint density at radius 2 is 1.80 bits per heavy atom. The lowest BCUT2D eigenvalue weighted by Crippen LogP contribution is -2.52. The zero-order chi connectivity index (χ0) is 17.6. The van der Waals surface area contributed by atoms with Crippen molar-refractivity contribution in [3.05, 3.63) is 34.9 Å². The quantitative estimate of drug-likeness (QED) is 0.798. The van der Waals surface area contributed by atoms with E-state index >= 15 is 0 Å². The summed E-state index contributed by atoms with van der Waals surface area (Å²) in [6, 6.07) is 8.81. The SMILES string of the molecule is CCC(=O)N(C1CCOCC1)C1CCN(Cc2ccccc2Cl)CC1. The number of benzene rings is 1. The van der Waals surface area contributed by atoms with Crippen LogP contribution in [-0.4, -0.2) is 54.1 Å². The average Bonchev–Trinajstić information content (AvgIpc) is 2.66. The van der Waals surface area contributed by atoms with Crippen LogP contribution in [0.5, 0.6) is 0 Å². The topological polar surface area (TPSA) is 32.8 Å². The van der Waals surface area contributed by atoms with Crippen LogP contribution in [0.15, 0.2) is 24.3 Å². The zero-order valence-corrected chi connectivity index (χ0v) is 15.9. The molecule has 5 heteroatoms. The maximum atomic E-state index is 12.6. The fourth-order valence-electron chi connectivity index (χ4n) is 4.07. The Morgan fingerprint density at radius 1 is 1.16 bits per heavy atom. The summed E-state index contributed by atoms with van der Waals surface area (Å²) in [6.45, 7) is 6.47. The second-order valence-corrected chi connectivity index (χ2v) is 7.50. The van der Waals surface area contributed by atoms with Crippen LogP contribution in [0, 0.1) is 0 Å². The molecule has 2 heterocycles. The van der Waals surface area contributed by atoms with Gasteiger partial charge in [0.2, 0.25) is 5.91 Å². The van der Waals surface area contributed by atoms with E-state index in [9.17, 15) is 4.79 Å². The summed E-state index contributed by atoms with van der Waals surface area (Å²) in [5, 5.41) is 0.842. The maximum Gasteiger partial charge on any atom is 0.222 e. The summed E-state index contributed by atoms with van der Waals surface area (Å²) < 4.78 is 5.49. The average molecular weight is 365 g/mol. The minimum Gasteiger partial charge on any atom is -0.381 e. The lowest BCUT2D eigenvalue weighted by molar-refractivity contribution is -0.139. The molecule has 0 unspecified atom stereocenters. The molecule has 0 N–H and O–H groups in total. The van der Waals surface area contributed by atoms with Crippen molar-refractivity contribution >= 4 is 17.5 Å². The molecule has 3 rings (SSSR count). The molecule has 2 fully saturated rings. The van der Waals surface area contributed by atoms with Gasteiger partial charge in [-0.3, -0.25) is 9.69 Å². The maximum absolute atomic E-state index is 12.6. The molecule has 1 amide bonds. The summed E-state index contributed by atoms with van der Waals surface area (Å²) in [5.41, 5.74) is 1.19. The Hall–Kier alpha value is -1.10. The summed E-state index contributed by atoms with van der Waals surface area (Å²) in [4.78, 5) is 17.2. The molecule has 4 nitrogen and oxygen atoms in total. The van der Waals surface area contributed by atoms with Gasteiger partial charge in [0.25, 0.3) is 0 Å². The Balaban J connectivity index is 1.59. The van der Waals surface area contributed by atoms with Gasteiger partial charge >= 0.3 is 0 Å². The van der Waals surface area contributed by atoms with E-state index in [0.29, 0.717) is 24.4 Å².